The van der Waals surface area contributed by atoms with Crippen molar-refractivity contribution in [3.05, 3.63) is 33.7 Å². The molecule has 1 atom stereocenters. The molecule has 0 saturated carbocycles. The Bertz CT molecular complexity index is 669. The zero-order valence-corrected chi connectivity index (χ0v) is 13.6. The number of hydrogen-bond donors (Lipinski definition) is 1. The first kappa shape index (κ1) is 18.5. The zero-order chi connectivity index (χ0) is 18.1. The molecule has 1 unspecified atom stereocenters. The third kappa shape index (κ3) is 4.15. The molecule has 1 aromatic heterocycles. The number of halogens is 3. The minimum Gasteiger partial charge on any atom is -0.382 e. The Hall–Kier alpha value is -1.87. The fourth-order valence-electron chi connectivity index (χ4n) is 2.70. The number of rotatable bonds is 3. The van der Waals surface area contributed by atoms with Crippen LogP contribution in [0.2, 0.25) is 0 Å². The molecule has 6 nitrogen and oxygen atoms in total. The van der Waals surface area contributed by atoms with E-state index < -0.39 is 28.9 Å². The molecule has 0 bridgehead atoms. The lowest BCUT2D eigenvalue weighted by Crippen LogP contribution is -2.56. The number of alkyl halides is 3. The van der Waals surface area contributed by atoms with Gasteiger partial charge in [0, 0.05) is 20.2 Å². The summed E-state index contributed by atoms with van der Waals surface area (Å²) >= 11 is 0. The van der Waals surface area contributed by atoms with Gasteiger partial charge in [-0.15, -0.1) is 0 Å². The number of pyridine rings is 1. The SMILES string of the molecule is COCC1CN(C(=O)c2ccc(C(F)(F)F)[nH]c2=O)CC(C)(C)O1. The number of carbonyl (C=O) groups excluding carboxylic acids is 1. The molecule has 1 N–H and O–H groups in total. The molecule has 1 aliphatic heterocycles. The highest BCUT2D eigenvalue weighted by Crippen LogP contribution is 2.27. The van der Waals surface area contributed by atoms with Crippen LogP contribution in [0.5, 0.6) is 0 Å². The maximum atomic E-state index is 12.6. The molecule has 0 radical (unpaired) electrons. The van der Waals surface area contributed by atoms with Crippen molar-refractivity contribution in [3.63, 3.8) is 0 Å². The van der Waals surface area contributed by atoms with Gasteiger partial charge in [-0.1, -0.05) is 0 Å². The molecule has 2 rings (SSSR count). The zero-order valence-electron chi connectivity index (χ0n) is 13.6. The van der Waals surface area contributed by atoms with E-state index in [2.05, 4.69) is 0 Å². The molecule has 0 aromatic carbocycles. The lowest BCUT2D eigenvalue weighted by molar-refractivity contribution is -0.143. The van der Waals surface area contributed by atoms with Gasteiger partial charge in [-0.3, -0.25) is 9.59 Å². The van der Waals surface area contributed by atoms with Gasteiger partial charge in [0.2, 0.25) is 0 Å². The molecular weight excluding hydrogens is 329 g/mol. The predicted molar refractivity (Wildman–Crippen MR) is 78.8 cm³/mol. The van der Waals surface area contributed by atoms with E-state index in [9.17, 15) is 22.8 Å². The Balaban J connectivity index is 2.26. The predicted octanol–water partition coefficient (Wildman–Crippen LogP) is 1.66. The average Bonchev–Trinajstić information content (AvgIpc) is 2.44. The van der Waals surface area contributed by atoms with Gasteiger partial charge in [0.05, 0.1) is 18.3 Å². The van der Waals surface area contributed by atoms with Crippen molar-refractivity contribution in [2.75, 3.05) is 26.8 Å². The molecular formula is C15H19F3N2O4. The summed E-state index contributed by atoms with van der Waals surface area (Å²) < 4.78 is 48.6. The van der Waals surface area contributed by atoms with Gasteiger partial charge in [0.25, 0.3) is 11.5 Å². The highest BCUT2D eigenvalue weighted by Gasteiger charge is 2.37. The van der Waals surface area contributed by atoms with Crippen LogP contribution in [0.4, 0.5) is 13.2 Å². The van der Waals surface area contributed by atoms with E-state index in [0.29, 0.717) is 6.07 Å². The van der Waals surface area contributed by atoms with Crippen LogP contribution in [0, 0.1) is 0 Å². The van der Waals surface area contributed by atoms with Crippen molar-refractivity contribution >= 4 is 5.91 Å². The van der Waals surface area contributed by atoms with Crippen LogP contribution in [0.3, 0.4) is 0 Å². The molecule has 1 amide bonds. The van der Waals surface area contributed by atoms with Crippen molar-refractivity contribution in [2.45, 2.75) is 31.7 Å². The normalized spacial score (nSPS) is 20.9. The number of methoxy groups -OCH3 is 1. The maximum absolute atomic E-state index is 12.6. The van der Waals surface area contributed by atoms with Crippen LogP contribution < -0.4 is 5.56 Å². The number of aromatic amines is 1. The number of carbonyl (C=O) groups is 1. The van der Waals surface area contributed by atoms with Crippen molar-refractivity contribution in [3.8, 4) is 0 Å². The number of amides is 1. The summed E-state index contributed by atoms with van der Waals surface area (Å²) in [4.78, 5) is 27.5. The third-order valence-electron chi connectivity index (χ3n) is 3.57. The summed E-state index contributed by atoms with van der Waals surface area (Å²) in [6.45, 7) is 4.23. The fourth-order valence-corrected chi connectivity index (χ4v) is 2.70. The molecule has 24 heavy (non-hydrogen) atoms. The van der Waals surface area contributed by atoms with Gasteiger partial charge in [-0.25, -0.2) is 0 Å². The number of H-pyrrole nitrogens is 1. The highest BCUT2D eigenvalue weighted by molar-refractivity contribution is 5.94. The van der Waals surface area contributed by atoms with E-state index in [-0.39, 0.29) is 31.4 Å². The Kier molecular flexibility index (Phi) is 5.05. The van der Waals surface area contributed by atoms with Gasteiger partial charge in [0.15, 0.2) is 0 Å². The van der Waals surface area contributed by atoms with E-state index in [4.69, 9.17) is 9.47 Å². The Morgan fingerprint density at radius 2 is 2.12 bits per heavy atom. The van der Waals surface area contributed by atoms with Crippen LogP contribution in [-0.2, 0) is 15.7 Å². The van der Waals surface area contributed by atoms with Crippen LogP contribution >= 0.6 is 0 Å². The van der Waals surface area contributed by atoms with Crippen LogP contribution in [0.25, 0.3) is 0 Å². The van der Waals surface area contributed by atoms with E-state index in [1.165, 1.54) is 12.0 Å². The third-order valence-corrected chi connectivity index (χ3v) is 3.57. The molecule has 0 spiro atoms. The molecule has 1 aromatic rings. The number of nitrogens with one attached hydrogen (secondary N) is 1. The molecule has 1 saturated heterocycles. The molecule has 134 valence electrons. The van der Waals surface area contributed by atoms with Gasteiger partial charge >= 0.3 is 6.18 Å². The molecule has 1 aliphatic rings. The number of morpholine rings is 1. The van der Waals surface area contributed by atoms with Crippen LogP contribution in [0.15, 0.2) is 16.9 Å². The Labute approximate surface area is 136 Å². The van der Waals surface area contributed by atoms with E-state index in [0.717, 1.165) is 6.07 Å². The molecule has 2 heterocycles. The van der Waals surface area contributed by atoms with Crippen molar-refractivity contribution < 1.29 is 27.4 Å². The van der Waals surface area contributed by atoms with Gasteiger partial charge < -0.3 is 19.4 Å². The van der Waals surface area contributed by atoms with Gasteiger partial charge in [0.1, 0.15) is 11.3 Å². The number of ether oxygens (including phenoxy) is 2. The van der Waals surface area contributed by atoms with Crippen molar-refractivity contribution in [1.29, 1.82) is 0 Å². The molecule has 0 aliphatic carbocycles. The standard InChI is InChI=1S/C15H19F3N2O4/c1-14(2)8-20(6-9(24-14)7-23-3)13(22)10-4-5-11(15(16,17)18)19-12(10)21/h4-5,9H,6-8H2,1-3H3,(H,19,21). The first-order valence-corrected chi connectivity index (χ1v) is 7.30. The number of nitrogens with zero attached hydrogens (tertiary/aromatic N) is 1. The fraction of sp³-hybridized carbons (Fsp3) is 0.600. The van der Waals surface area contributed by atoms with Crippen LogP contribution in [-0.4, -0.2) is 54.3 Å². The highest BCUT2D eigenvalue weighted by atomic mass is 19.4. The second kappa shape index (κ2) is 6.56. The van der Waals surface area contributed by atoms with E-state index >= 15 is 0 Å². The molecule has 1 fully saturated rings. The summed E-state index contributed by atoms with van der Waals surface area (Å²) in [5, 5.41) is 0. The first-order valence-electron chi connectivity index (χ1n) is 7.30. The van der Waals surface area contributed by atoms with E-state index in [1.807, 2.05) is 0 Å². The summed E-state index contributed by atoms with van der Waals surface area (Å²) in [5.74, 6) is -0.637. The summed E-state index contributed by atoms with van der Waals surface area (Å²) in [5.41, 5.74) is -3.25. The minimum atomic E-state index is -4.68. The maximum Gasteiger partial charge on any atom is 0.431 e. The summed E-state index contributed by atoms with van der Waals surface area (Å²) in [7, 11) is 1.50. The average molecular weight is 348 g/mol. The largest absolute Gasteiger partial charge is 0.431 e. The second-order valence-corrected chi connectivity index (χ2v) is 6.25. The van der Waals surface area contributed by atoms with E-state index in [1.54, 1.807) is 18.8 Å². The number of aromatic nitrogens is 1. The Morgan fingerprint density at radius 3 is 2.67 bits per heavy atom. The topological polar surface area (TPSA) is 71.6 Å². The Morgan fingerprint density at radius 1 is 1.46 bits per heavy atom. The van der Waals surface area contributed by atoms with Gasteiger partial charge in [-0.2, -0.15) is 13.2 Å². The quantitative estimate of drug-likeness (QED) is 0.902. The van der Waals surface area contributed by atoms with Gasteiger partial charge in [-0.05, 0) is 26.0 Å². The summed E-state index contributed by atoms with van der Waals surface area (Å²) in [6.07, 6.45) is -5.05. The smallest absolute Gasteiger partial charge is 0.382 e. The first-order chi connectivity index (χ1) is 11.0. The van der Waals surface area contributed by atoms with Crippen molar-refractivity contribution in [2.24, 2.45) is 0 Å². The molecule has 9 heteroatoms. The second-order valence-electron chi connectivity index (χ2n) is 6.25. The summed E-state index contributed by atoms with van der Waals surface area (Å²) in [6, 6.07) is 1.59. The lowest BCUT2D eigenvalue weighted by Gasteiger charge is -2.42. The van der Waals surface area contributed by atoms with Crippen molar-refractivity contribution in [1.82, 2.24) is 9.88 Å². The number of hydrogen-bond acceptors (Lipinski definition) is 4. The van der Waals surface area contributed by atoms with Crippen LogP contribution in [0.1, 0.15) is 29.9 Å². The lowest BCUT2D eigenvalue weighted by atomic mass is 10.0. The monoisotopic (exact) mass is 348 g/mol. The minimum absolute atomic E-state index is 0.191.